The van der Waals surface area contributed by atoms with Gasteiger partial charge in [0.25, 0.3) is 0 Å². The molecule has 0 aliphatic heterocycles. The number of hydroxylamine groups is 1. The minimum Gasteiger partial charge on any atom is -0.277 e. The van der Waals surface area contributed by atoms with Crippen LogP contribution in [0, 0.1) is 0 Å². The third kappa shape index (κ3) is 3.50. The lowest BCUT2D eigenvalue weighted by molar-refractivity contribution is 0.124. The molecule has 1 aliphatic rings. The fraction of sp³-hybridized carbons (Fsp3) is 0.647. The largest absolute Gasteiger partial charge is 0.277 e. The van der Waals surface area contributed by atoms with E-state index in [1.165, 1.54) is 43.4 Å². The van der Waals surface area contributed by atoms with Crippen LogP contribution in [-0.2, 0) is 10.3 Å². The van der Waals surface area contributed by atoms with Crippen molar-refractivity contribution < 1.29 is 4.84 Å². The molecule has 2 rings (SSSR count). The summed E-state index contributed by atoms with van der Waals surface area (Å²) in [5.41, 5.74) is 2.74. The summed E-state index contributed by atoms with van der Waals surface area (Å²) in [6.45, 7) is 6.76. The molecule has 1 aromatic rings. The normalized spacial score (nSPS) is 17.5. The predicted molar refractivity (Wildman–Crippen MR) is 81.5 cm³/mol. The molecule has 0 heterocycles. The van der Waals surface area contributed by atoms with E-state index < -0.39 is 0 Å². The Bertz CT molecular complexity index is 402. The van der Waals surface area contributed by atoms with Gasteiger partial charge in [0.2, 0.25) is 0 Å². The highest BCUT2D eigenvalue weighted by Crippen LogP contribution is 2.30. The van der Waals surface area contributed by atoms with Gasteiger partial charge in [-0.3, -0.25) is 9.90 Å². The second-order valence-corrected chi connectivity index (χ2v) is 6.60. The van der Waals surface area contributed by atoms with Gasteiger partial charge in [-0.1, -0.05) is 52.2 Å². The second-order valence-electron chi connectivity index (χ2n) is 6.60. The van der Waals surface area contributed by atoms with Crippen LogP contribution in [0.4, 0.5) is 5.69 Å². The van der Waals surface area contributed by atoms with Gasteiger partial charge in [0.05, 0.1) is 18.8 Å². The quantitative estimate of drug-likeness (QED) is 0.732. The van der Waals surface area contributed by atoms with E-state index in [2.05, 4.69) is 50.1 Å². The van der Waals surface area contributed by atoms with E-state index >= 15 is 0 Å². The fourth-order valence-electron chi connectivity index (χ4n) is 2.89. The SMILES string of the molecule is CON(c1cccc(C(C)(C)C)c1)C1CCCCC1. The van der Waals surface area contributed by atoms with Crippen molar-refractivity contribution in [2.24, 2.45) is 0 Å². The van der Waals surface area contributed by atoms with Gasteiger partial charge in [-0.15, -0.1) is 0 Å². The van der Waals surface area contributed by atoms with Crippen molar-refractivity contribution in [3.8, 4) is 0 Å². The fourth-order valence-corrected chi connectivity index (χ4v) is 2.89. The Balaban J connectivity index is 2.22. The molecule has 1 fully saturated rings. The lowest BCUT2D eigenvalue weighted by Gasteiger charge is -2.34. The molecular weight excluding hydrogens is 234 g/mol. The predicted octanol–water partition coefficient (Wildman–Crippen LogP) is 4.68. The molecule has 19 heavy (non-hydrogen) atoms. The van der Waals surface area contributed by atoms with Gasteiger partial charge in [0.1, 0.15) is 0 Å². The van der Waals surface area contributed by atoms with Crippen molar-refractivity contribution in [1.82, 2.24) is 0 Å². The summed E-state index contributed by atoms with van der Waals surface area (Å²) in [7, 11) is 1.79. The van der Waals surface area contributed by atoms with Crippen LogP contribution >= 0.6 is 0 Å². The molecule has 1 aliphatic carbocycles. The van der Waals surface area contributed by atoms with E-state index in [0.717, 1.165) is 0 Å². The average molecular weight is 261 g/mol. The summed E-state index contributed by atoms with van der Waals surface area (Å²) >= 11 is 0. The third-order valence-corrected chi connectivity index (χ3v) is 4.07. The van der Waals surface area contributed by atoms with E-state index in [9.17, 15) is 0 Å². The summed E-state index contributed by atoms with van der Waals surface area (Å²) in [5.74, 6) is 0. The minimum absolute atomic E-state index is 0.183. The maximum atomic E-state index is 5.68. The zero-order valence-electron chi connectivity index (χ0n) is 12.8. The van der Waals surface area contributed by atoms with Crippen LogP contribution in [0.3, 0.4) is 0 Å². The Morgan fingerprint density at radius 3 is 2.37 bits per heavy atom. The topological polar surface area (TPSA) is 12.5 Å². The molecule has 0 atom stereocenters. The first-order valence-corrected chi connectivity index (χ1v) is 7.46. The first kappa shape index (κ1) is 14.4. The first-order chi connectivity index (χ1) is 9.02. The van der Waals surface area contributed by atoms with Crippen molar-refractivity contribution in [2.45, 2.75) is 64.3 Å². The van der Waals surface area contributed by atoms with Gasteiger partial charge in [-0.2, -0.15) is 0 Å². The van der Waals surface area contributed by atoms with Gasteiger partial charge in [0.15, 0.2) is 0 Å². The number of benzene rings is 1. The van der Waals surface area contributed by atoms with E-state index in [-0.39, 0.29) is 5.41 Å². The van der Waals surface area contributed by atoms with Gasteiger partial charge in [0, 0.05) is 0 Å². The highest BCUT2D eigenvalue weighted by Gasteiger charge is 2.23. The van der Waals surface area contributed by atoms with E-state index in [4.69, 9.17) is 4.84 Å². The zero-order valence-corrected chi connectivity index (χ0v) is 12.8. The molecule has 2 heteroatoms. The second kappa shape index (κ2) is 5.96. The Labute approximate surface area is 117 Å². The summed E-state index contributed by atoms with van der Waals surface area (Å²) < 4.78 is 0. The molecule has 0 bridgehead atoms. The average Bonchev–Trinajstić information content (AvgIpc) is 2.40. The number of anilines is 1. The molecule has 0 amide bonds. The number of rotatable bonds is 3. The Morgan fingerprint density at radius 1 is 1.11 bits per heavy atom. The Hall–Kier alpha value is -1.02. The van der Waals surface area contributed by atoms with Crippen LogP contribution in [0.25, 0.3) is 0 Å². The van der Waals surface area contributed by atoms with Gasteiger partial charge in [-0.25, -0.2) is 0 Å². The van der Waals surface area contributed by atoms with Crippen molar-refractivity contribution in [3.05, 3.63) is 29.8 Å². The summed E-state index contributed by atoms with van der Waals surface area (Å²) in [5, 5.41) is 2.12. The van der Waals surface area contributed by atoms with Crippen molar-refractivity contribution >= 4 is 5.69 Å². The zero-order chi connectivity index (χ0) is 13.9. The molecule has 106 valence electrons. The maximum Gasteiger partial charge on any atom is 0.0642 e. The van der Waals surface area contributed by atoms with Crippen LogP contribution in [0.2, 0.25) is 0 Å². The van der Waals surface area contributed by atoms with E-state index in [0.29, 0.717) is 6.04 Å². The molecule has 0 unspecified atom stereocenters. The third-order valence-electron chi connectivity index (χ3n) is 4.07. The van der Waals surface area contributed by atoms with Crippen molar-refractivity contribution in [1.29, 1.82) is 0 Å². The summed E-state index contributed by atoms with van der Waals surface area (Å²) in [6, 6.07) is 9.32. The lowest BCUT2D eigenvalue weighted by atomic mass is 9.86. The molecule has 0 aromatic heterocycles. The molecule has 0 radical (unpaired) electrons. The van der Waals surface area contributed by atoms with Crippen LogP contribution in [0.15, 0.2) is 24.3 Å². The first-order valence-electron chi connectivity index (χ1n) is 7.46. The van der Waals surface area contributed by atoms with Gasteiger partial charge < -0.3 is 0 Å². The van der Waals surface area contributed by atoms with Gasteiger partial charge >= 0.3 is 0 Å². The highest BCUT2D eigenvalue weighted by molar-refractivity contribution is 5.48. The number of hydrogen-bond donors (Lipinski definition) is 0. The standard InChI is InChI=1S/C17H27NO/c1-17(2,3)14-9-8-12-16(13-14)18(19-4)15-10-6-5-7-11-15/h8-9,12-13,15H,5-7,10-11H2,1-4H3. The highest BCUT2D eigenvalue weighted by atomic mass is 16.7. The van der Waals surface area contributed by atoms with Crippen molar-refractivity contribution in [3.63, 3.8) is 0 Å². The van der Waals surface area contributed by atoms with Gasteiger partial charge in [-0.05, 0) is 36.0 Å². The number of hydrogen-bond acceptors (Lipinski definition) is 2. The Morgan fingerprint density at radius 2 is 1.79 bits per heavy atom. The molecule has 1 aromatic carbocycles. The summed E-state index contributed by atoms with van der Waals surface area (Å²) in [6.07, 6.45) is 6.50. The van der Waals surface area contributed by atoms with E-state index in [1.807, 2.05) is 0 Å². The van der Waals surface area contributed by atoms with Crippen LogP contribution < -0.4 is 5.06 Å². The Kier molecular flexibility index (Phi) is 4.51. The molecular formula is C17H27NO. The van der Waals surface area contributed by atoms with E-state index in [1.54, 1.807) is 7.11 Å². The summed E-state index contributed by atoms with van der Waals surface area (Å²) in [4.78, 5) is 5.68. The molecule has 0 N–H and O–H groups in total. The smallest absolute Gasteiger partial charge is 0.0642 e. The number of nitrogens with zero attached hydrogens (tertiary/aromatic N) is 1. The maximum absolute atomic E-state index is 5.68. The van der Waals surface area contributed by atoms with Crippen molar-refractivity contribution in [2.75, 3.05) is 12.2 Å². The molecule has 0 spiro atoms. The molecule has 2 nitrogen and oxygen atoms in total. The monoisotopic (exact) mass is 261 g/mol. The molecule has 0 saturated heterocycles. The van der Waals surface area contributed by atoms with Crippen LogP contribution in [0.1, 0.15) is 58.4 Å². The molecule has 1 saturated carbocycles. The van der Waals surface area contributed by atoms with Crippen LogP contribution in [0.5, 0.6) is 0 Å². The lowest BCUT2D eigenvalue weighted by Crippen LogP contribution is -2.36. The van der Waals surface area contributed by atoms with Crippen LogP contribution in [-0.4, -0.2) is 13.2 Å². The minimum atomic E-state index is 0.183.